The molecule has 0 unspecified atom stereocenters. The number of amides is 2. The number of carbonyl (C=O) groups excluding carboxylic acids is 1. The summed E-state index contributed by atoms with van der Waals surface area (Å²) in [5.74, 6) is -1.03. The van der Waals surface area contributed by atoms with Crippen LogP contribution < -0.4 is 16.4 Å². The van der Waals surface area contributed by atoms with Crippen LogP contribution in [0, 0.1) is 10.1 Å². The average Bonchev–Trinajstić information content (AvgIpc) is 2.52. The van der Waals surface area contributed by atoms with E-state index in [1.165, 1.54) is 12.1 Å². The van der Waals surface area contributed by atoms with Crippen molar-refractivity contribution in [1.82, 2.24) is 10.6 Å². The van der Waals surface area contributed by atoms with Gasteiger partial charge in [-0.1, -0.05) is 12.1 Å². The molecule has 0 saturated heterocycles. The Balaban J connectivity index is 2.21. The Hall–Kier alpha value is -2.68. The first-order chi connectivity index (χ1) is 10.9. The van der Waals surface area contributed by atoms with E-state index in [0.29, 0.717) is 31.4 Å². The second kappa shape index (κ2) is 9.36. The van der Waals surface area contributed by atoms with Crippen molar-refractivity contribution in [3.63, 3.8) is 0 Å². The van der Waals surface area contributed by atoms with E-state index < -0.39 is 16.9 Å². The summed E-state index contributed by atoms with van der Waals surface area (Å²) in [4.78, 5) is 32.2. The van der Waals surface area contributed by atoms with Crippen LogP contribution in [-0.4, -0.2) is 34.6 Å². The molecule has 0 saturated carbocycles. The van der Waals surface area contributed by atoms with Crippen LogP contribution in [0.4, 0.5) is 10.5 Å². The standard InChI is InChI=1S/C14H20N4O5/c15-12(13(19)20)6-1-2-7-16-14(21)17-9-10-4-3-5-11(8-10)18(22)23/h3-5,8,12H,1-2,6-7,9,15H2,(H,19,20)(H2,16,17,21)/t12-/m0/s1. The van der Waals surface area contributed by atoms with Crippen LogP contribution in [0.3, 0.4) is 0 Å². The summed E-state index contributed by atoms with van der Waals surface area (Å²) in [5.41, 5.74) is 5.96. The fraction of sp³-hybridized carbons (Fsp3) is 0.429. The number of unbranched alkanes of at least 4 members (excludes halogenated alkanes) is 1. The van der Waals surface area contributed by atoms with Crippen molar-refractivity contribution in [3.05, 3.63) is 39.9 Å². The highest BCUT2D eigenvalue weighted by atomic mass is 16.6. The SMILES string of the molecule is N[C@@H](CCCCNC(=O)NCc1cccc([N+](=O)[O-])c1)C(=O)O. The lowest BCUT2D eigenvalue weighted by Crippen LogP contribution is -2.35. The molecule has 1 aromatic rings. The molecule has 1 rings (SSSR count). The molecule has 126 valence electrons. The van der Waals surface area contributed by atoms with Crippen LogP contribution in [0.25, 0.3) is 0 Å². The van der Waals surface area contributed by atoms with E-state index in [-0.39, 0.29) is 18.3 Å². The van der Waals surface area contributed by atoms with Gasteiger partial charge in [-0.15, -0.1) is 0 Å². The number of aliphatic carboxylic acids is 1. The molecule has 0 radical (unpaired) electrons. The van der Waals surface area contributed by atoms with Crippen molar-refractivity contribution in [2.75, 3.05) is 6.54 Å². The molecule has 0 spiro atoms. The van der Waals surface area contributed by atoms with Crippen molar-refractivity contribution >= 4 is 17.7 Å². The summed E-state index contributed by atoms with van der Waals surface area (Å²) in [5, 5.41) is 24.5. The van der Waals surface area contributed by atoms with E-state index in [4.69, 9.17) is 10.8 Å². The minimum atomic E-state index is -1.03. The van der Waals surface area contributed by atoms with Crippen molar-refractivity contribution in [2.45, 2.75) is 31.8 Å². The van der Waals surface area contributed by atoms with Crippen LogP contribution in [0.5, 0.6) is 0 Å². The van der Waals surface area contributed by atoms with Gasteiger partial charge in [-0.2, -0.15) is 0 Å². The Bertz CT molecular complexity index is 564. The van der Waals surface area contributed by atoms with E-state index in [1.54, 1.807) is 12.1 Å². The topological polar surface area (TPSA) is 148 Å². The number of hydrogen-bond donors (Lipinski definition) is 4. The second-order valence-corrected chi connectivity index (χ2v) is 4.98. The van der Waals surface area contributed by atoms with Crippen LogP contribution in [0.2, 0.25) is 0 Å². The van der Waals surface area contributed by atoms with E-state index in [0.717, 1.165) is 0 Å². The number of non-ortho nitro benzene ring substituents is 1. The predicted octanol–water partition coefficient (Wildman–Crippen LogP) is 0.976. The van der Waals surface area contributed by atoms with Gasteiger partial charge in [0.2, 0.25) is 0 Å². The lowest BCUT2D eigenvalue weighted by molar-refractivity contribution is -0.384. The average molecular weight is 324 g/mol. The summed E-state index contributed by atoms with van der Waals surface area (Å²) in [6.07, 6.45) is 1.57. The molecule has 0 aliphatic rings. The molecule has 0 heterocycles. The summed E-state index contributed by atoms with van der Waals surface area (Å²) < 4.78 is 0. The normalized spacial score (nSPS) is 11.5. The quantitative estimate of drug-likeness (QED) is 0.302. The summed E-state index contributed by atoms with van der Waals surface area (Å²) in [7, 11) is 0. The van der Waals surface area contributed by atoms with Crippen molar-refractivity contribution in [3.8, 4) is 0 Å². The van der Waals surface area contributed by atoms with Gasteiger partial charge in [0.1, 0.15) is 6.04 Å². The Morgan fingerprint density at radius 2 is 2.04 bits per heavy atom. The molecule has 0 aliphatic carbocycles. The van der Waals surface area contributed by atoms with Crippen LogP contribution in [0.15, 0.2) is 24.3 Å². The molecule has 2 amide bonds. The molecular formula is C14H20N4O5. The molecule has 0 aliphatic heterocycles. The van der Waals surface area contributed by atoms with Crippen molar-refractivity contribution < 1.29 is 19.6 Å². The number of urea groups is 1. The highest BCUT2D eigenvalue weighted by Crippen LogP contribution is 2.12. The highest BCUT2D eigenvalue weighted by molar-refractivity contribution is 5.74. The maximum absolute atomic E-state index is 11.6. The third-order valence-corrected chi connectivity index (χ3v) is 3.12. The van der Waals surface area contributed by atoms with Gasteiger partial charge >= 0.3 is 12.0 Å². The van der Waals surface area contributed by atoms with Gasteiger partial charge in [0.25, 0.3) is 5.69 Å². The molecule has 0 bridgehead atoms. The van der Waals surface area contributed by atoms with E-state index in [1.807, 2.05) is 0 Å². The maximum atomic E-state index is 11.6. The Kier molecular flexibility index (Phi) is 7.48. The smallest absolute Gasteiger partial charge is 0.320 e. The molecule has 1 atom stereocenters. The molecule has 0 fully saturated rings. The summed E-state index contributed by atoms with van der Waals surface area (Å²) >= 11 is 0. The third kappa shape index (κ3) is 7.23. The van der Waals surface area contributed by atoms with E-state index >= 15 is 0 Å². The number of benzene rings is 1. The number of nitro groups is 1. The number of nitrogens with zero attached hydrogens (tertiary/aromatic N) is 1. The Morgan fingerprint density at radius 3 is 2.70 bits per heavy atom. The summed E-state index contributed by atoms with van der Waals surface area (Å²) in [6.45, 7) is 0.574. The predicted molar refractivity (Wildman–Crippen MR) is 82.8 cm³/mol. The zero-order chi connectivity index (χ0) is 17.2. The van der Waals surface area contributed by atoms with Gasteiger partial charge in [-0.3, -0.25) is 14.9 Å². The van der Waals surface area contributed by atoms with Gasteiger partial charge in [0, 0.05) is 25.2 Å². The van der Waals surface area contributed by atoms with Crippen LogP contribution in [-0.2, 0) is 11.3 Å². The molecule has 23 heavy (non-hydrogen) atoms. The van der Waals surface area contributed by atoms with E-state index in [9.17, 15) is 19.7 Å². The van der Waals surface area contributed by atoms with Gasteiger partial charge in [0.15, 0.2) is 0 Å². The number of nitrogens with one attached hydrogen (secondary N) is 2. The maximum Gasteiger partial charge on any atom is 0.320 e. The second-order valence-electron chi connectivity index (χ2n) is 4.98. The summed E-state index contributed by atoms with van der Waals surface area (Å²) in [6, 6.07) is 4.75. The number of nitro benzene ring substituents is 1. The zero-order valence-corrected chi connectivity index (χ0v) is 12.5. The number of carboxylic acid groups (broad SMARTS) is 1. The van der Waals surface area contributed by atoms with Gasteiger partial charge in [-0.25, -0.2) is 4.79 Å². The lowest BCUT2D eigenvalue weighted by atomic mass is 10.1. The Labute approximate surface area is 133 Å². The van der Waals surface area contributed by atoms with Gasteiger partial charge in [0.05, 0.1) is 4.92 Å². The molecule has 1 aromatic carbocycles. The van der Waals surface area contributed by atoms with Crippen molar-refractivity contribution in [2.24, 2.45) is 5.73 Å². The van der Waals surface area contributed by atoms with Crippen LogP contribution >= 0.6 is 0 Å². The first kappa shape index (κ1) is 18.4. The fourth-order valence-corrected chi connectivity index (χ4v) is 1.84. The van der Waals surface area contributed by atoms with Crippen LogP contribution in [0.1, 0.15) is 24.8 Å². The fourth-order valence-electron chi connectivity index (χ4n) is 1.84. The lowest BCUT2D eigenvalue weighted by Gasteiger charge is -2.08. The molecule has 9 nitrogen and oxygen atoms in total. The highest BCUT2D eigenvalue weighted by Gasteiger charge is 2.10. The molecule has 9 heteroatoms. The van der Waals surface area contributed by atoms with E-state index in [2.05, 4.69) is 10.6 Å². The minimum absolute atomic E-state index is 0.0283. The molecule has 5 N–H and O–H groups in total. The number of nitrogens with two attached hydrogens (primary N) is 1. The Morgan fingerprint density at radius 1 is 1.30 bits per heavy atom. The third-order valence-electron chi connectivity index (χ3n) is 3.12. The number of carboxylic acids is 1. The first-order valence-corrected chi connectivity index (χ1v) is 7.13. The van der Waals surface area contributed by atoms with Gasteiger partial charge in [-0.05, 0) is 24.8 Å². The van der Waals surface area contributed by atoms with Crippen molar-refractivity contribution in [1.29, 1.82) is 0 Å². The zero-order valence-electron chi connectivity index (χ0n) is 12.5. The number of hydrogen-bond acceptors (Lipinski definition) is 5. The largest absolute Gasteiger partial charge is 0.480 e. The molecule has 0 aromatic heterocycles. The molecular weight excluding hydrogens is 304 g/mol. The number of rotatable bonds is 9. The van der Waals surface area contributed by atoms with Gasteiger partial charge < -0.3 is 21.5 Å². The number of carbonyl (C=O) groups is 2. The monoisotopic (exact) mass is 324 g/mol. The minimum Gasteiger partial charge on any atom is -0.480 e. The first-order valence-electron chi connectivity index (χ1n) is 7.13.